The molecule has 2 saturated carbocycles. The van der Waals surface area contributed by atoms with Gasteiger partial charge in [-0.2, -0.15) is 0 Å². The van der Waals surface area contributed by atoms with Crippen molar-refractivity contribution >= 4 is 31.0 Å². The van der Waals surface area contributed by atoms with Crippen molar-refractivity contribution in [3.8, 4) is 0 Å². The summed E-state index contributed by atoms with van der Waals surface area (Å²) < 4.78 is 1.44. The van der Waals surface area contributed by atoms with Crippen LogP contribution in [0.2, 0.25) is 4.82 Å². The maximum atomic E-state index is 9.80. The van der Waals surface area contributed by atoms with Crippen molar-refractivity contribution in [2.75, 3.05) is 0 Å². The Balaban J connectivity index is 1.74. The molecule has 0 heterocycles. The Bertz CT molecular complexity index is 367. The predicted octanol–water partition coefficient (Wildman–Crippen LogP) is 1.81. The third-order valence-electron chi connectivity index (χ3n) is 3.82. The van der Waals surface area contributed by atoms with Gasteiger partial charge in [0.25, 0.3) is 0 Å². The van der Waals surface area contributed by atoms with Gasteiger partial charge in [0, 0.05) is 0 Å². The minimum atomic E-state index is -0.129. The molecular weight excluding hydrogens is 287 g/mol. The summed E-state index contributed by atoms with van der Waals surface area (Å²) in [6, 6.07) is 10.7. The van der Waals surface area contributed by atoms with E-state index in [1.54, 1.807) is 0 Å². The van der Waals surface area contributed by atoms with Crippen molar-refractivity contribution in [1.82, 2.24) is 0 Å². The van der Waals surface area contributed by atoms with E-state index in [-0.39, 0.29) is 11.5 Å². The summed E-state index contributed by atoms with van der Waals surface area (Å²) in [6.07, 6.45) is 2.00. The molecule has 1 aromatic rings. The van der Waals surface area contributed by atoms with Crippen LogP contribution in [-0.2, 0) is 0 Å². The molecule has 2 aliphatic rings. The predicted molar refractivity (Wildman–Crippen MR) is 67.4 cm³/mol. The maximum absolute atomic E-state index is 9.80. The zero-order valence-electron chi connectivity index (χ0n) is 8.92. The van der Waals surface area contributed by atoms with Crippen LogP contribution in [0, 0.1) is 11.8 Å². The number of fused-ring (bicyclic) bond motifs is 2. The Kier molecular flexibility index (Phi) is 3.01. The second-order valence-electron chi connectivity index (χ2n) is 4.80. The molecule has 3 rings (SSSR count). The van der Waals surface area contributed by atoms with E-state index in [4.69, 9.17) is 11.6 Å². The molecule has 2 bridgehead atoms. The number of aliphatic hydroxyl groups is 1. The van der Waals surface area contributed by atoms with Gasteiger partial charge in [-0.3, -0.25) is 0 Å². The fourth-order valence-electron chi connectivity index (χ4n) is 3.02. The summed E-state index contributed by atoms with van der Waals surface area (Å²) in [5, 5.41) is 10.00. The second-order valence-corrected chi connectivity index (χ2v) is 7.93. The van der Waals surface area contributed by atoms with Crippen molar-refractivity contribution in [3.63, 3.8) is 0 Å². The van der Waals surface area contributed by atoms with Crippen LogP contribution in [0.3, 0.4) is 0 Å². The molecule has 0 aromatic heterocycles. The Morgan fingerprint density at radius 2 is 1.94 bits per heavy atom. The quantitative estimate of drug-likeness (QED) is 0.652. The summed E-state index contributed by atoms with van der Waals surface area (Å²) >= 11 is 6.94. The first-order valence-corrected chi connectivity index (χ1v) is 8.08. The van der Waals surface area contributed by atoms with E-state index in [1.807, 2.05) is 0 Å². The van der Waals surface area contributed by atoms with E-state index in [1.165, 1.54) is 4.46 Å². The number of hydrogen-bond donors (Lipinski definition) is 1. The fraction of sp³-hybridized carbons (Fsp3) is 0.538. The molecule has 0 spiro atoms. The van der Waals surface area contributed by atoms with Crippen molar-refractivity contribution in [2.24, 2.45) is 11.8 Å². The van der Waals surface area contributed by atoms with Crippen LogP contribution in [0.4, 0.5) is 0 Å². The summed E-state index contributed by atoms with van der Waals surface area (Å²) in [4.78, 5) is 0.630. The number of benzene rings is 1. The summed E-state index contributed by atoms with van der Waals surface area (Å²) in [5.74, 6) is 1.03. The van der Waals surface area contributed by atoms with Crippen LogP contribution in [0.1, 0.15) is 12.8 Å². The molecule has 1 N–H and O–H groups in total. The van der Waals surface area contributed by atoms with Gasteiger partial charge in [0.15, 0.2) is 0 Å². The molecule has 2 fully saturated rings. The molecule has 16 heavy (non-hydrogen) atoms. The van der Waals surface area contributed by atoms with E-state index in [9.17, 15) is 5.11 Å². The molecule has 3 heteroatoms. The first-order chi connectivity index (χ1) is 7.75. The molecule has 0 unspecified atom stereocenters. The number of alkyl halides is 1. The Hall–Kier alpha value is -0.0105. The van der Waals surface area contributed by atoms with Crippen molar-refractivity contribution in [1.29, 1.82) is 0 Å². The third-order valence-corrected chi connectivity index (χ3v) is 7.89. The Morgan fingerprint density at radius 3 is 2.56 bits per heavy atom. The average Bonchev–Trinajstić information content (AvgIpc) is 2.80. The fourth-order valence-corrected chi connectivity index (χ4v) is 6.65. The molecule has 1 aromatic carbocycles. The molecule has 0 amide bonds. The van der Waals surface area contributed by atoms with E-state index in [2.05, 4.69) is 30.3 Å². The monoisotopic (exact) mass is 302 g/mol. The number of rotatable bonds is 2. The topological polar surface area (TPSA) is 20.2 Å². The van der Waals surface area contributed by atoms with Gasteiger partial charge in [0.2, 0.25) is 0 Å². The van der Waals surface area contributed by atoms with Crippen LogP contribution in [-0.4, -0.2) is 31.5 Å². The van der Waals surface area contributed by atoms with Gasteiger partial charge in [-0.15, -0.1) is 0 Å². The SMILES string of the molecule is O[C@H]1C[C@H]2C[C@@H]1[C@@H](Cl)[C@@H]2[Se]c1ccccc1. The van der Waals surface area contributed by atoms with E-state index in [0.717, 1.165) is 12.8 Å². The van der Waals surface area contributed by atoms with E-state index < -0.39 is 0 Å². The van der Waals surface area contributed by atoms with Crippen LogP contribution in [0.15, 0.2) is 30.3 Å². The Morgan fingerprint density at radius 1 is 1.19 bits per heavy atom. The van der Waals surface area contributed by atoms with Gasteiger partial charge in [-0.05, 0) is 0 Å². The van der Waals surface area contributed by atoms with Crippen molar-refractivity contribution in [3.05, 3.63) is 30.3 Å². The van der Waals surface area contributed by atoms with Gasteiger partial charge in [-0.1, -0.05) is 0 Å². The molecule has 5 atom stereocenters. The van der Waals surface area contributed by atoms with Crippen LogP contribution in [0.5, 0.6) is 0 Å². The molecule has 2 aliphatic carbocycles. The van der Waals surface area contributed by atoms with Gasteiger partial charge >= 0.3 is 107 Å². The van der Waals surface area contributed by atoms with Crippen LogP contribution >= 0.6 is 11.6 Å². The molecular formula is C13H15ClOSe. The zero-order chi connectivity index (χ0) is 11.1. The van der Waals surface area contributed by atoms with Gasteiger partial charge in [0.1, 0.15) is 0 Å². The number of aliphatic hydroxyl groups excluding tert-OH is 1. The zero-order valence-corrected chi connectivity index (χ0v) is 11.4. The summed E-state index contributed by atoms with van der Waals surface area (Å²) in [6.45, 7) is 0. The molecule has 0 saturated heterocycles. The van der Waals surface area contributed by atoms with Gasteiger partial charge < -0.3 is 0 Å². The van der Waals surface area contributed by atoms with Gasteiger partial charge in [0.05, 0.1) is 0 Å². The van der Waals surface area contributed by atoms with E-state index in [0.29, 0.717) is 31.6 Å². The molecule has 1 nitrogen and oxygen atoms in total. The molecule has 0 radical (unpaired) electrons. The van der Waals surface area contributed by atoms with E-state index >= 15 is 0 Å². The minimum absolute atomic E-state index is 0.129. The summed E-state index contributed by atoms with van der Waals surface area (Å²) in [5.41, 5.74) is 0. The average molecular weight is 302 g/mol. The van der Waals surface area contributed by atoms with Crippen molar-refractivity contribution in [2.45, 2.75) is 29.1 Å². The number of halogens is 1. The van der Waals surface area contributed by atoms with Crippen molar-refractivity contribution < 1.29 is 5.11 Å². The summed E-state index contributed by atoms with van der Waals surface area (Å²) in [7, 11) is 0. The standard InChI is InChI=1S/C13H15ClOSe/c14-12-10-6-8(7-11(10)15)13(12)16-9-4-2-1-3-5-9/h1-5,8,10-13,15H,6-7H2/t8-,10+,11+,12-,13-/m1/s1. The normalized spacial score (nSPS) is 41.5. The van der Waals surface area contributed by atoms with Gasteiger partial charge in [-0.25, -0.2) is 0 Å². The third kappa shape index (κ3) is 1.82. The van der Waals surface area contributed by atoms with Crippen LogP contribution < -0.4 is 4.46 Å². The molecule has 86 valence electrons. The Labute approximate surface area is 107 Å². The second kappa shape index (κ2) is 4.34. The van der Waals surface area contributed by atoms with Crippen LogP contribution in [0.25, 0.3) is 0 Å². The first-order valence-electron chi connectivity index (χ1n) is 5.79. The first kappa shape index (κ1) is 11.1. The molecule has 0 aliphatic heterocycles. The number of hydrogen-bond acceptors (Lipinski definition) is 1.